The fraction of sp³-hybridized carbons (Fsp3) is 0.455. The summed E-state index contributed by atoms with van der Waals surface area (Å²) >= 11 is 6.15. The number of phenolic OH excluding ortho intramolecular Hbond substituents is 1. The molecule has 82 valence electrons. The molecule has 0 radical (unpaired) electrons. The summed E-state index contributed by atoms with van der Waals surface area (Å²) in [6, 6.07) is 3.64. The van der Waals surface area contributed by atoms with E-state index in [1.54, 1.807) is 6.07 Å². The monoisotopic (exact) mass is 226 g/mol. The van der Waals surface area contributed by atoms with Crippen molar-refractivity contribution in [1.82, 2.24) is 5.32 Å². The highest BCUT2D eigenvalue weighted by atomic mass is 35.5. The van der Waals surface area contributed by atoms with Gasteiger partial charge < -0.3 is 15.3 Å². The number of phenols is 1. The summed E-state index contributed by atoms with van der Waals surface area (Å²) in [6.45, 7) is 5.56. The van der Waals surface area contributed by atoms with E-state index in [1.165, 1.54) is 0 Å². The summed E-state index contributed by atoms with van der Waals surface area (Å²) in [7, 11) is 0. The van der Waals surface area contributed by atoms with Crippen molar-refractivity contribution in [3.8, 4) is 5.75 Å². The Bertz CT molecular complexity index is 339. The lowest BCUT2D eigenvalue weighted by Crippen LogP contribution is -2.43. The fourth-order valence-electron chi connectivity index (χ4n) is 1.92. The Morgan fingerprint density at radius 3 is 2.60 bits per heavy atom. The average Bonchev–Trinajstić information content (AvgIpc) is 2.17. The summed E-state index contributed by atoms with van der Waals surface area (Å²) in [5.41, 5.74) is 1.75. The van der Waals surface area contributed by atoms with Gasteiger partial charge in [-0.15, -0.1) is 0 Å². The van der Waals surface area contributed by atoms with Crippen molar-refractivity contribution in [3.63, 3.8) is 0 Å². The third-order valence-corrected chi connectivity index (χ3v) is 2.91. The van der Waals surface area contributed by atoms with Crippen LogP contribution in [0, 0.1) is 6.92 Å². The predicted molar refractivity (Wildman–Crippen MR) is 62.9 cm³/mol. The van der Waals surface area contributed by atoms with E-state index < -0.39 is 0 Å². The topological polar surface area (TPSA) is 35.5 Å². The van der Waals surface area contributed by atoms with Crippen LogP contribution in [0.2, 0.25) is 5.02 Å². The zero-order valence-corrected chi connectivity index (χ0v) is 9.51. The van der Waals surface area contributed by atoms with Crippen LogP contribution in [0.5, 0.6) is 5.75 Å². The van der Waals surface area contributed by atoms with Crippen molar-refractivity contribution >= 4 is 17.3 Å². The first kappa shape index (κ1) is 10.6. The summed E-state index contributed by atoms with van der Waals surface area (Å²) in [4.78, 5) is 2.12. The molecule has 0 bridgehead atoms. The number of hydrogen-bond acceptors (Lipinski definition) is 3. The van der Waals surface area contributed by atoms with Crippen LogP contribution in [0.15, 0.2) is 12.1 Å². The van der Waals surface area contributed by atoms with Gasteiger partial charge in [-0.05, 0) is 24.6 Å². The van der Waals surface area contributed by atoms with Crippen LogP contribution in [-0.4, -0.2) is 31.3 Å². The molecule has 1 aliphatic heterocycles. The number of piperazine rings is 1. The second kappa shape index (κ2) is 4.29. The molecule has 1 aromatic rings. The van der Waals surface area contributed by atoms with Gasteiger partial charge in [-0.3, -0.25) is 0 Å². The lowest BCUT2D eigenvalue weighted by Gasteiger charge is -2.30. The van der Waals surface area contributed by atoms with Crippen molar-refractivity contribution in [1.29, 1.82) is 0 Å². The van der Waals surface area contributed by atoms with E-state index in [9.17, 15) is 5.11 Å². The number of benzene rings is 1. The lowest BCUT2D eigenvalue weighted by molar-refractivity contribution is 0.470. The summed E-state index contributed by atoms with van der Waals surface area (Å²) in [5.74, 6) is 0.280. The smallest absolute Gasteiger partial charge is 0.140 e. The lowest BCUT2D eigenvalue weighted by atomic mass is 10.2. The molecule has 4 heteroatoms. The van der Waals surface area contributed by atoms with E-state index in [0.29, 0.717) is 5.02 Å². The van der Waals surface area contributed by atoms with Crippen LogP contribution in [0.3, 0.4) is 0 Å². The Balaban J connectivity index is 2.33. The molecule has 2 N–H and O–H groups in total. The Hall–Kier alpha value is -0.930. The van der Waals surface area contributed by atoms with Gasteiger partial charge in [0.25, 0.3) is 0 Å². The number of nitrogens with zero attached hydrogens (tertiary/aromatic N) is 1. The quantitative estimate of drug-likeness (QED) is 0.766. The Kier molecular flexibility index (Phi) is 3.03. The maximum absolute atomic E-state index is 9.88. The van der Waals surface area contributed by atoms with Gasteiger partial charge in [-0.2, -0.15) is 0 Å². The van der Waals surface area contributed by atoms with Crippen LogP contribution in [0.4, 0.5) is 5.69 Å². The molecule has 1 aliphatic rings. The van der Waals surface area contributed by atoms with Crippen molar-refractivity contribution in [2.24, 2.45) is 0 Å². The van der Waals surface area contributed by atoms with Crippen molar-refractivity contribution < 1.29 is 5.11 Å². The van der Waals surface area contributed by atoms with Gasteiger partial charge in [0.1, 0.15) is 5.75 Å². The molecule has 15 heavy (non-hydrogen) atoms. The summed E-state index contributed by atoms with van der Waals surface area (Å²) < 4.78 is 0. The van der Waals surface area contributed by atoms with Crippen molar-refractivity contribution in [3.05, 3.63) is 22.7 Å². The van der Waals surface area contributed by atoms with Crippen molar-refractivity contribution in [2.75, 3.05) is 31.1 Å². The first-order valence-corrected chi connectivity index (χ1v) is 5.51. The van der Waals surface area contributed by atoms with E-state index in [0.717, 1.165) is 37.4 Å². The fourth-order valence-corrected chi connectivity index (χ4v) is 2.31. The van der Waals surface area contributed by atoms with E-state index in [2.05, 4.69) is 10.2 Å². The molecular formula is C11H15ClN2O. The minimum Gasteiger partial charge on any atom is -0.506 e. The van der Waals surface area contributed by atoms with Crippen LogP contribution < -0.4 is 10.2 Å². The van der Waals surface area contributed by atoms with E-state index >= 15 is 0 Å². The molecule has 0 aromatic heterocycles. The van der Waals surface area contributed by atoms with Crippen LogP contribution in [0.25, 0.3) is 0 Å². The molecule has 3 nitrogen and oxygen atoms in total. The number of aryl methyl sites for hydroxylation is 1. The average molecular weight is 227 g/mol. The molecule has 1 heterocycles. The number of rotatable bonds is 1. The minimum atomic E-state index is 0.280. The zero-order valence-electron chi connectivity index (χ0n) is 8.76. The Morgan fingerprint density at radius 1 is 1.33 bits per heavy atom. The molecule has 0 amide bonds. The third-order valence-electron chi connectivity index (χ3n) is 2.62. The Labute approximate surface area is 94.7 Å². The first-order chi connectivity index (χ1) is 7.18. The molecule has 0 aliphatic carbocycles. The maximum atomic E-state index is 9.88. The van der Waals surface area contributed by atoms with Crippen molar-refractivity contribution in [2.45, 2.75) is 6.92 Å². The molecular weight excluding hydrogens is 212 g/mol. The minimum absolute atomic E-state index is 0.280. The number of halogens is 1. The van der Waals surface area contributed by atoms with E-state index in [-0.39, 0.29) is 5.75 Å². The summed E-state index contributed by atoms with van der Waals surface area (Å²) in [6.07, 6.45) is 0. The zero-order chi connectivity index (χ0) is 10.8. The van der Waals surface area contributed by atoms with Gasteiger partial charge in [0, 0.05) is 26.2 Å². The second-order valence-corrected chi connectivity index (χ2v) is 4.26. The summed E-state index contributed by atoms with van der Waals surface area (Å²) in [5, 5.41) is 13.8. The van der Waals surface area contributed by atoms with Gasteiger partial charge in [-0.25, -0.2) is 0 Å². The van der Waals surface area contributed by atoms with E-state index in [1.807, 2.05) is 13.0 Å². The first-order valence-electron chi connectivity index (χ1n) is 5.13. The number of nitrogens with one attached hydrogen (secondary N) is 1. The molecule has 0 unspecified atom stereocenters. The molecule has 0 saturated carbocycles. The Morgan fingerprint density at radius 2 is 2.00 bits per heavy atom. The van der Waals surface area contributed by atoms with Crippen LogP contribution in [0.1, 0.15) is 5.56 Å². The van der Waals surface area contributed by atoms with Gasteiger partial charge >= 0.3 is 0 Å². The second-order valence-electron chi connectivity index (χ2n) is 3.85. The molecule has 0 spiro atoms. The van der Waals surface area contributed by atoms with E-state index in [4.69, 9.17) is 11.6 Å². The molecule has 1 aromatic carbocycles. The standard InChI is InChI=1S/C11H15ClN2O/c1-8-6-9(12)11(10(15)7-8)14-4-2-13-3-5-14/h6-7,13,15H,2-5H2,1H3. The SMILES string of the molecule is Cc1cc(O)c(N2CCNCC2)c(Cl)c1. The number of aromatic hydroxyl groups is 1. The molecule has 0 atom stereocenters. The highest BCUT2D eigenvalue weighted by Crippen LogP contribution is 2.36. The highest BCUT2D eigenvalue weighted by Gasteiger charge is 2.17. The number of anilines is 1. The van der Waals surface area contributed by atoms with Gasteiger partial charge in [0.05, 0.1) is 10.7 Å². The molecule has 1 saturated heterocycles. The third kappa shape index (κ3) is 2.19. The van der Waals surface area contributed by atoms with Crippen LogP contribution >= 0.6 is 11.6 Å². The molecule has 1 fully saturated rings. The maximum Gasteiger partial charge on any atom is 0.140 e. The number of hydrogen-bond donors (Lipinski definition) is 2. The van der Waals surface area contributed by atoms with Crippen LogP contribution in [-0.2, 0) is 0 Å². The largest absolute Gasteiger partial charge is 0.506 e. The van der Waals surface area contributed by atoms with Gasteiger partial charge in [0.2, 0.25) is 0 Å². The van der Waals surface area contributed by atoms with Gasteiger partial charge in [-0.1, -0.05) is 11.6 Å². The predicted octanol–water partition coefficient (Wildman–Crippen LogP) is 1.76. The van der Waals surface area contributed by atoms with Gasteiger partial charge in [0.15, 0.2) is 0 Å². The normalized spacial score (nSPS) is 16.8. The highest BCUT2D eigenvalue weighted by molar-refractivity contribution is 6.33. The molecule has 2 rings (SSSR count).